The predicted molar refractivity (Wildman–Crippen MR) is 138 cm³/mol. The van der Waals surface area contributed by atoms with Crippen LogP contribution in [0.1, 0.15) is 73.1 Å². The van der Waals surface area contributed by atoms with Crippen LogP contribution in [0.5, 0.6) is 0 Å². The summed E-state index contributed by atoms with van der Waals surface area (Å²) >= 11 is 0. The van der Waals surface area contributed by atoms with E-state index in [0.29, 0.717) is 45.3 Å². The van der Waals surface area contributed by atoms with Gasteiger partial charge in [0.15, 0.2) is 0 Å². The fraction of sp³-hybridized carbons (Fsp3) is 0.833. The Labute approximate surface area is 229 Å². The van der Waals surface area contributed by atoms with Gasteiger partial charge < -0.3 is 19.7 Å². The zero-order valence-electron chi connectivity index (χ0n) is 23.3. The van der Waals surface area contributed by atoms with E-state index in [9.17, 15) is 27.6 Å². The Bertz CT molecular complexity index is 974. The smallest absolute Gasteiger partial charge is 0.426 e. The summed E-state index contributed by atoms with van der Waals surface area (Å²) in [5.74, 6) is -2.16. The fourth-order valence-corrected chi connectivity index (χ4v) is 5.18. The number of hydrogen-bond donors (Lipinski definition) is 3. The second-order valence-corrected chi connectivity index (χ2v) is 12.9. The van der Waals surface area contributed by atoms with Gasteiger partial charge in [0.1, 0.15) is 17.5 Å². The van der Waals surface area contributed by atoms with Crippen LogP contribution in [0.2, 0.25) is 0 Å². The highest BCUT2D eigenvalue weighted by molar-refractivity contribution is 7.86. The lowest BCUT2D eigenvalue weighted by Gasteiger charge is -2.35. The third kappa shape index (κ3) is 11.2. The Balaban J connectivity index is 2.12. The standard InChI is InChI=1S/C24H42N4O10S/c1-16(2)6-7-20(29)28(18(15-39(34,35)38-33)14-17-8-11-25-21(17)30)26-22(31)36-19-9-12-27(13-10-19)23(32)37-24(3,4)5/h16-19,33H,6-15H2,1-5H3,(H,25,30)(H,26,31)/t17?,18-/m0/s1. The number of ether oxygens (including phenoxy) is 2. The maximum absolute atomic E-state index is 13.2. The molecular formula is C24H42N4O10S. The van der Waals surface area contributed by atoms with Crippen molar-refractivity contribution in [1.82, 2.24) is 20.7 Å². The second kappa shape index (κ2) is 14.1. The molecule has 2 heterocycles. The molecule has 2 aliphatic rings. The van der Waals surface area contributed by atoms with Gasteiger partial charge in [-0.3, -0.25) is 9.59 Å². The maximum atomic E-state index is 13.2. The molecule has 0 aromatic rings. The van der Waals surface area contributed by atoms with Gasteiger partial charge in [0, 0.05) is 44.8 Å². The van der Waals surface area contributed by atoms with Crippen LogP contribution in [0.15, 0.2) is 0 Å². The van der Waals surface area contributed by atoms with Crippen LogP contribution in [-0.4, -0.2) is 90.7 Å². The van der Waals surface area contributed by atoms with Crippen LogP contribution in [0.25, 0.3) is 0 Å². The molecule has 14 nitrogen and oxygen atoms in total. The van der Waals surface area contributed by atoms with Gasteiger partial charge in [-0.05, 0) is 46.0 Å². The minimum Gasteiger partial charge on any atom is -0.445 e. The van der Waals surface area contributed by atoms with Gasteiger partial charge in [-0.1, -0.05) is 13.8 Å². The van der Waals surface area contributed by atoms with E-state index < -0.39 is 57.6 Å². The first-order chi connectivity index (χ1) is 18.1. The zero-order valence-corrected chi connectivity index (χ0v) is 24.1. The lowest BCUT2D eigenvalue weighted by atomic mass is 9.98. The maximum Gasteiger partial charge on any atom is 0.426 e. The normalized spacial score (nSPS) is 19.4. The van der Waals surface area contributed by atoms with Crippen molar-refractivity contribution in [1.29, 1.82) is 0 Å². The summed E-state index contributed by atoms with van der Waals surface area (Å²) in [5.41, 5.74) is 1.73. The molecule has 4 amide bonds. The molecule has 0 aliphatic carbocycles. The first-order valence-corrected chi connectivity index (χ1v) is 14.8. The lowest BCUT2D eigenvalue weighted by molar-refractivity contribution is -0.139. The molecule has 224 valence electrons. The molecule has 2 saturated heterocycles. The van der Waals surface area contributed by atoms with Gasteiger partial charge in [-0.15, -0.1) is 4.33 Å². The Morgan fingerprint density at radius 1 is 1.18 bits per heavy atom. The summed E-state index contributed by atoms with van der Waals surface area (Å²) in [6, 6.07) is -1.21. The average Bonchev–Trinajstić information content (AvgIpc) is 3.24. The van der Waals surface area contributed by atoms with Crippen molar-refractivity contribution in [2.75, 3.05) is 25.4 Å². The van der Waals surface area contributed by atoms with Crippen LogP contribution in [-0.2, 0) is 33.5 Å². The van der Waals surface area contributed by atoms with Crippen LogP contribution in [0.3, 0.4) is 0 Å². The number of piperidine rings is 1. The molecule has 2 rings (SSSR count). The summed E-state index contributed by atoms with van der Waals surface area (Å²) in [6.45, 7) is 10.1. The largest absolute Gasteiger partial charge is 0.445 e. The highest BCUT2D eigenvalue weighted by Crippen LogP contribution is 2.22. The predicted octanol–water partition coefficient (Wildman–Crippen LogP) is 2.01. The molecule has 2 aliphatic heterocycles. The number of amides is 4. The molecule has 0 radical (unpaired) electrons. The van der Waals surface area contributed by atoms with Gasteiger partial charge in [0.2, 0.25) is 11.8 Å². The molecule has 2 atom stereocenters. The molecule has 1 unspecified atom stereocenters. The first-order valence-electron chi connectivity index (χ1n) is 13.2. The Kier molecular flexibility index (Phi) is 11.8. The number of carbonyl (C=O) groups excluding carboxylic acids is 4. The first kappa shape index (κ1) is 32.6. The van der Waals surface area contributed by atoms with Gasteiger partial charge in [0.25, 0.3) is 10.1 Å². The topological polar surface area (TPSA) is 181 Å². The zero-order chi connectivity index (χ0) is 29.4. The van der Waals surface area contributed by atoms with E-state index in [4.69, 9.17) is 14.7 Å². The summed E-state index contributed by atoms with van der Waals surface area (Å²) in [7, 11) is -4.49. The summed E-state index contributed by atoms with van der Waals surface area (Å²) < 4.78 is 38.8. The van der Waals surface area contributed by atoms with Gasteiger partial charge in [0.05, 0.1) is 6.04 Å². The molecule has 15 heteroatoms. The van der Waals surface area contributed by atoms with E-state index in [1.807, 2.05) is 13.8 Å². The lowest BCUT2D eigenvalue weighted by Crippen LogP contribution is -2.55. The Morgan fingerprint density at radius 2 is 1.82 bits per heavy atom. The number of nitrogens with zero attached hydrogens (tertiary/aromatic N) is 2. The molecule has 0 spiro atoms. The van der Waals surface area contributed by atoms with Crippen molar-refractivity contribution < 1.29 is 46.7 Å². The molecule has 0 saturated carbocycles. The van der Waals surface area contributed by atoms with Gasteiger partial charge in [-0.2, -0.15) is 8.42 Å². The number of carbonyl (C=O) groups is 4. The molecule has 0 bridgehead atoms. The van der Waals surface area contributed by atoms with Crippen LogP contribution < -0.4 is 10.7 Å². The number of hydrogen-bond acceptors (Lipinski definition) is 10. The number of nitrogens with one attached hydrogen (secondary N) is 2. The van der Waals surface area contributed by atoms with E-state index >= 15 is 0 Å². The Hall–Kier alpha value is -2.65. The molecule has 39 heavy (non-hydrogen) atoms. The van der Waals surface area contributed by atoms with Gasteiger partial charge in [-0.25, -0.2) is 25.3 Å². The summed E-state index contributed by atoms with van der Waals surface area (Å²) in [4.78, 5) is 52.0. The summed E-state index contributed by atoms with van der Waals surface area (Å²) in [5, 5.41) is 12.4. The van der Waals surface area contributed by atoms with E-state index in [-0.39, 0.29) is 24.7 Å². The van der Waals surface area contributed by atoms with Crippen molar-refractivity contribution in [2.24, 2.45) is 11.8 Å². The SMILES string of the molecule is CC(C)CCC(=O)N(NC(=O)OC1CCN(C(=O)OC(C)(C)C)CC1)[C@@H](CC1CCNC1=O)CS(=O)(=O)OO. The van der Waals surface area contributed by atoms with Crippen LogP contribution in [0.4, 0.5) is 9.59 Å². The molecule has 3 N–H and O–H groups in total. The number of rotatable bonds is 10. The van der Waals surface area contributed by atoms with Crippen molar-refractivity contribution >= 4 is 34.1 Å². The highest BCUT2D eigenvalue weighted by atomic mass is 32.2. The second-order valence-electron chi connectivity index (χ2n) is 11.3. The molecule has 2 fully saturated rings. The quantitative estimate of drug-likeness (QED) is 0.256. The van der Waals surface area contributed by atoms with Crippen LogP contribution in [0, 0.1) is 11.8 Å². The highest BCUT2D eigenvalue weighted by Gasteiger charge is 2.37. The van der Waals surface area contributed by atoms with E-state index in [1.54, 1.807) is 20.8 Å². The van der Waals surface area contributed by atoms with Gasteiger partial charge >= 0.3 is 12.2 Å². The van der Waals surface area contributed by atoms with E-state index in [0.717, 1.165) is 5.01 Å². The van der Waals surface area contributed by atoms with Crippen molar-refractivity contribution in [3.8, 4) is 0 Å². The van der Waals surface area contributed by atoms with Crippen molar-refractivity contribution in [3.63, 3.8) is 0 Å². The molecular weight excluding hydrogens is 536 g/mol. The Morgan fingerprint density at radius 3 is 2.33 bits per heavy atom. The van der Waals surface area contributed by atoms with E-state index in [2.05, 4.69) is 15.1 Å². The van der Waals surface area contributed by atoms with Crippen LogP contribution >= 0.6 is 0 Å². The van der Waals surface area contributed by atoms with E-state index in [1.165, 1.54) is 4.90 Å². The number of hydrazine groups is 1. The number of likely N-dealkylation sites (tertiary alicyclic amines) is 1. The van der Waals surface area contributed by atoms with Crippen molar-refractivity contribution in [2.45, 2.75) is 90.9 Å². The van der Waals surface area contributed by atoms with Crippen molar-refractivity contribution in [3.05, 3.63) is 0 Å². The minimum atomic E-state index is -4.49. The molecule has 0 aromatic heterocycles. The summed E-state index contributed by atoms with van der Waals surface area (Å²) in [6.07, 6.45) is -0.515. The minimum absolute atomic E-state index is 0.000380. The molecule has 0 aromatic carbocycles. The fourth-order valence-electron chi connectivity index (χ4n) is 4.36. The third-order valence-corrected chi connectivity index (χ3v) is 7.40. The average molecular weight is 579 g/mol. The third-order valence-electron chi connectivity index (χ3n) is 6.38. The monoisotopic (exact) mass is 578 g/mol.